The molecule has 0 radical (unpaired) electrons. The summed E-state index contributed by atoms with van der Waals surface area (Å²) in [5.41, 5.74) is 7.36. The van der Waals surface area contributed by atoms with Gasteiger partial charge in [-0.25, -0.2) is 10.1 Å². The number of nitrogens with zero attached hydrogens (tertiary/aromatic N) is 6. The van der Waals surface area contributed by atoms with Crippen LogP contribution < -0.4 is 10.7 Å². The molecule has 2 heterocycles. The summed E-state index contributed by atoms with van der Waals surface area (Å²) in [6.45, 7) is 5.87. The molecule has 0 aliphatic rings. The van der Waals surface area contributed by atoms with Gasteiger partial charge in [-0.15, -0.1) is 0 Å². The van der Waals surface area contributed by atoms with E-state index < -0.39 is 0 Å². The lowest BCUT2D eigenvalue weighted by Gasteiger charge is -2.10. The molecule has 0 fully saturated rings. The minimum absolute atomic E-state index is 0.124. The molecule has 33 heavy (non-hydrogen) atoms. The van der Waals surface area contributed by atoms with Gasteiger partial charge in [0.05, 0.1) is 20.9 Å². The van der Waals surface area contributed by atoms with Crippen molar-refractivity contribution < 1.29 is 5.11 Å². The second-order valence-corrected chi connectivity index (χ2v) is 9.02. The number of anilines is 3. The smallest absolute Gasteiger partial charge is 0.257 e. The van der Waals surface area contributed by atoms with E-state index in [1.54, 1.807) is 23.0 Å². The fraction of sp³-hybridized carbons (Fsp3) is 0.136. The van der Waals surface area contributed by atoms with Crippen LogP contribution in [0.15, 0.2) is 56.5 Å². The third-order valence-electron chi connectivity index (χ3n) is 4.55. The highest BCUT2D eigenvalue weighted by Crippen LogP contribution is 2.32. The Morgan fingerprint density at radius 1 is 0.939 bits per heavy atom. The monoisotopic (exact) mass is 570 g/mol. The van der Waals surface area contributed by atoms with Crippen molar-refractivity contribution in [2.45, 2.75) is 20.8 Å². The Morgan fingerprint density at radius 2 is 1.61 bits per heavy atom. The predicted molar refractivity (Wildman–Crippen MR) is 136 cm³/mol. The molecule has 0 atom stereocenters. The maximum atomic E-state index is 9.87. The number of aromatic hydroxyl groups is 1. The van der Waals surface area contributed by atoms with Crippen LogP contribution in [0, 0.1) is 20.8 Å². The normalized spacial score (nSPS) is 11.2. The Labute approximate surface area is 207 Å². The van der Waals surface area contributed by atoms with Crippen LogP contribution in [-0.4, -0.2) is 36.1 Å². The zero-order chi connectivity index (χ0) is 23.5. The third kappa shape index (κ3) is 5.55. The fourth-order valence-electron chi connectivity index (χ4n) is 2.99. The molecule has 2 aromatic carbocycles. The van der Waals surface area contributed by atoms with Crippen molar-refractivity contribution in [3.63, 3.8) is 0 Å². The van der Waals surface area contributed by atoms with Crippen LogP contribution in [0.1, 0.15) is 22.5 Å². The Balaban J connectivity index is 1.65. The number of aryl methyl sites for hydroxylation is 3. The van der Waals surface area contributed by atoms with Crippen LogP contribution in [0.3, 0.4) is 0 Å². The highest BCUT2D eigenvalue weighted by molar-refractivity contribution is 9.11. The maximum absolute atomic E-state index is 9.87. The average Bonchev–Trinajstić information content (AvgIpc) is 3.11. The first-order chi connectivity index (χ1) is 15.8. The number of hydrazone groups is 1. The van der Waals surface area contributed by atoms with Gasteiger partial charge in [0, 0.05) is 11.4 Å². The topological polar surface area (TPSA) is 113 Å². The van der Waals surface area contributed by atoms with E-state index in [0.29, 0.717) is 20.8 Å². The molecule has 0 bridgehead atoms. The number of nitrogens with one attached hydrogen (secondary N) is 2. The molecule has 0 saturated heterocycles. The van der Waals surface area contributed by atoms with E-state index in [0.717, 1.165) is 28.2 Å². The summed E-state index contributed by atoms with van der Waals surface area (Å²) in [6, 6.07) is 13.3. The maximum Gasteiger partial charge on any atom is 0.257 e. The minimum Gasteiger partial charge on any atom is -0.506 e. The van der Waals surface area contributed by atoms with Gasteiger partial charge < -0.3 is 10.4 Å². The van der Waals surface area contributed by atoms with Gasteiger partial charge >= 0.3 is 0 Å². The SMILES string of the molecule is Cc1ccc(Nc2nc(N/N=C\c3cc(Br)c(O)c(Br)c3)nc(-n3nc(C)cc3C)n2)cc1. The van der Waals surface area contributed by atoms with Crippen molar-refractivity contribution >= 4 is 55.7 Å². The molecule has 4 aromatic rings. The highest BCUT2D eigenvalue weighted by Gasteiger charge is 2.12. The number of benzene rings is 2. The summed E-state index contributed by atoms with van der Waals surface area (Å²) in [5.74, 6) is 1.08. The van der Waals surface area contributed by atoms with E-state index in [-0.39, 0.29) is 11.7 Å². The molecule has 0 amide bonds. The molecule has 0 spiro atoms. The Kier molecular flexibility index (Phi) is 6.70. The summed E-state index contributed by atoms with van der Waals surface area (Å²) in [6.07, 6.45) is 1.59. The number of hydrogen-bond donors (Lipinski definition) is 3. The largest absolute Gasteiger partial charge is 0.506 e. The van der Waals surface area contributed by atoms with E-state index in [1.165, 1.54) is 0 Å². The Hall–Kier alpha value is -3.31. The second-order valence-electron chi connectivity index (χ2n) is 7.32. The van der Waals surface area contributed by atoms with Crippen LogP contribution in [0.4, 0.5) is 17.6 Å². The molecule has 0 aliphatic heterocycles. The zero-order valence-corrected chi connectivity index (χ0v) is 21.2. The molecule has 0 aliphatic carbocycles. The number of aromatic nitrogens is 5. The van der Waals surface area contributed by atoms with Gasteiger partial charge in [0.2, 0.25) is 11.9 Å². The lowest BCUT2D eigenvalue weighted by Crippen LogP contribution is -2.11. The van der Waals surface area contributed by atoms with Gasteiger partial charge in [-0.05, 0) is 88.5 Å². The first-order valence-electron chi connectivity index (χ1n) is 9.89. The average molecular weight is 572 g/mol. The van der Waals surface area contributed by atoms with Crippen molar-refractivity contribution in [3.05, 3.63) is 73.9 Å². The molecular formula is C22H20Br2N8O. The quantitative estimate of drug-likeness (QED) is 0.210. The van der Waals surface area contributed by atoms with Crippen molar-refractivity contribution in [2.75, 3.05) is 10.7 Å². The second kappa shape index (κ2) is 9.67. The molecule has 9 nitrogen and oxygen atoms in total. The Morgan fingerprint density at radius 3 is 2.24 bits per heavy atom. The van der Waals surface area contributed by atoms with Crippen molar-refractivity contribution in [1.29, 1.82) is 0 Å². The van der Waals surface area contributed by atoms with Crippen molar-refractivity contribution in [1.82, 2.24) is 24.7 Å². The minimum atomic E-state index is 0.124. The van der Waals surface area contributed by atoms with Crippen LogP contribution in [-0.2, 0) is 0 Å². The highest BCUT2D eigenvalue weighted by atomic mass is 79.9. The van der Waals surface area contributed by atoms with E-state index in [9.17, 15) is 5.11 Å². The molecule has 0 unspecified atom stereocenters. The fourth-order valence-corrected chi connectivity index (χ4v) is 4.21. The van der Waals surface area contributed by atoms with Gasteiger partial charge in [-0.3, -0.25) is 0 Å². The van der Waals surface area contributed by atoms with Crippen LogP contribution >= 0.6 is 31.9 Å². The first-order valence-corrected chi connectivity index (χ1v) is 11.5. The Bertz CT molecular complexity index is 1310. The number of hydrogen-bond acceptors (Lipinski definition) is 8. The van der Waals surface area contributed by atoms with E-state index in [2.05, 4.69) is 67.8 Å². The van der Waals surface area contributed by atoms with Crippen molar-refractivity contribution in [3.8, 4) is 11.7 Å². The number of phenolic OH excluding ortho intramolecular Hbond substituents is 1. The van der Waals surface area contributed by atoms with Gasteiger partial charge in [0.1, 0.15) is 5.75 Å². The number of phenols is 1. The van der Waals surface area contributed by atoms with E-state index >= 15 is 0 Å². The molecular weight excluding hydrogens is 552 g/mol. The van der Waals surface area contributed by atoms with Crippen LogP contribution in [0.5, 0.6) is 5.75 Å². The molecule has 0 saturated carbocycles. The van der Waals surface area contributed by atoms with Gasteiger partial charge in [0.15, 0.2) is 0 Å². The van der Waals surface area contributed by atoms with Crippen molar-refractivity contribution in [2.24, 2.45) is 5.10 Å². The predicted octanol–water partition coefficient (Wildman–Crippen LogP) is 5.40. The molecule has 11 heteroatoms. The summed E-state index contributed by atoms with van der Waals surface area (Å²) in [4.78, 5) is 13.4. The molecule has 2 aromatic heterocycles. The molecule has 4 rings (SSSR count). The van der Waals surface area contributed by atoms with Crippen LogP contribution in [0.25, 0.3) is 5.95 Å². The summed E-state index contributed by atoms with van der Waals surface area (Å²) in [7, 11) is 0. The van der Waals surface area contributed by atoms with E-state index in [4.69, 9.17) is 0 Å². The summed E-state index contributed by atoms with van der Waals surface area (Å²) >= 11 is 6.62. The summed E-state index contributed by atoms with van der Waals surface area (Å²) in [5, 5.41) is 21.8. The summed E-state index contributed by atoms with van der Waals surface area (Å²) < 4.78 is 2.75. The van der Waals surface area contributed by atoms with Gasteiger partial charge in [0.25, 0.3) is 5.95 Å². The standard InChI is InChI=1S/C22H20Br2N8O/c1-12-4-6-16(7-5-12)26-20-27-21(29-22(28-20)32-14(3)8-13(2)31-32)30-25-11-15-9-17(23)19(33)18(24)10-15/h4-11,33H,1-3H3,(H2,26,27,28,29,30)/b25-11-. The van der Waals surface area contributed by atoms with E-state index in [1.807, 2.05) is 51.1 Å². The number of rotatable bonds is 6. The molecule has 3 N–H and O–H groups in total. The zero-order valence-electron chi connectivity index (χ0n) is 18.0. The van der Waals surface area contributed by atoms with Gasteiger partial charge in [-0.1, -0.05) is 17.7 Å². The number of halogens is 2. The lowest BCUT2D eigenvalue weighted by molar-refractivity contribution is 0.468. The third-order valence-corrected chi connectivity index (χ3v) is 5.76. The van der Waals surface area contributed by atoms with Crippen LogP contribution in [0.2, 0.25) is 0 Å². The lowest BCUT2D eigenvalue weighted by atomic mass is 10.2. The molecule has 168 valence electrons. The first kappa shape index (κ1) is 22.9. The van der Waals surface area contributed by atoms with Gasteiger partial charge in [-0.2, -0.15) is 25.2 Å².